The highest BCUT2D eigenvalue weighted by Gasteiger charge is 2.24. The Balaban J connectivity index is 2.78. The molecule has 14 heavy (non-hydrogen) atoms. The zero-order valence-corrected chi connectivity index (χ0v) is 10.4. The quantitative estimate of drug-likeness (QED) is 0.530. The van der Waals surface area contributed by atoms with Crippen molar-refractivity contribution in [3.8, 4) is 12.3 Å². The Morgan fingerprint density at radius 1 is 1.50 bits per heavy atom. The summed E-state index contributed by atoms with van der Waals surface area (Å²) < 4.78 is 3.38. The molecule has 0 fully saturated rings. The fourth-order valence-electron chi connectivity index (χ4n) is 1.43. The number of hydrogen-bond donors (Lipinski definition) is 0. The van der Waals surface area contributed by atoms with Gasteiger partial charge in [-0.05, 0) is 0 Å². The van der Waals surface area contributed by atoms with Gasteiger partial charge in [-0.3, -0.25) is 4.40 Å². The second-order valence-electron chi connectivity index (χ2n) is 4.25. The number of hydrogen-bond acceptors (Lipinski definition) is 2. The summed E-state index contributed by atoms with van der Waals surface area (Å²) in [5, 5.41) is 0. The van der Waals surface area contributed by atoms with Crippen LogP contribution in [0, 0.1) is 12.3 Å². The van der Waals surface area contributed by atoms with Crippen molar-refractivity contribution in [1.29, 1.82) is 0 Å². The Hall–Kier alpha value is -1.05. The Morgan fingerprint density at radius 2 is 2.21 bits per heavy atom. The molecule has 0 radical (unpaired) electrons. The molecule has 2 aromatic heterocycles. The van der Waals surface area contributed by atoms with Crippen LogP contribution in [0.5, 0.6) is 0 Å². The molecule has 0 N–H and O–H groups in total. The number of terminal acetylenes is 1. The molecule has 0 amide bonds. The van der Waals surface area contributed by atoms with Crippen LogP contribution in [0.15, 0.2) is 12.4 Å². The van der Waals surface area contributed by atoms with Crippen LogP contribution in [0.4, 0.5) is 0 Å². The average Bonchev–Trinajstić information content (AvgIpc) is 2.58. The maximum atomic E-state index is 5.55. The zero-order valence-electron chi connectivity index (χ0n) is 8.53. The van der Waals surface area contributed by atoms with E-state index in [9.17, 15) is 0 Å². The molecule has 0 aliphatic rings. The van der Waals surface area contributed by atoms with Crippen molar-refractivity contribution in [2.24, 2.45) is 0 Å². The van der Waals surface area contributed by atoms with E-state index in [-0.39, 0.29) is 0 Å². The van der Waals surface area contributed by atoms with Crippen LogP contribution < -0.4 is 4.50 Å². The zero-order chi connectivity index (χ0) is 10.3. The van der Waals surface area contributed by atoms with Gasteiger partial charge < -0.3 is 0 Å². The lowest BCUT2D eigenvalue weighted by molar-refractivity contribution is 1.21. The lowest BCUT2D eigenvalue weighted by Gasteiger charge is -2.13. The Morgan fingerprint density at radius 3 is 2.79 bits per heavy atom. The van der Waals surface area contributed by atoms with E-state index in [0.29, 0.717) is 0 Å². The molecule has 0 bridgehead atoms. The highest BCUT2D eigenvalue weighted by Crippen LogP contribution is 2.17. The fraction of sp³-hybridized carbons (Fsp3) is 0.300. The molecular weight excluding hydrogens is 208 g/mol. The SMILES string of the molecule is C#Cc1c([Si](C)(C)C)sc2nccn12. The topological polar surface area (TPSA) is 17.3 Å². The molecule has 2 heterocycles. The molecular formula is C10H12N2SSi. The minimum atomic E-state index is -1.33. The van der Waals surface area contributed by atoms with E-state index in [1.807, 2.05) is 10.6 Å². The lowest BCUT2D eigenvalue weighted by Crippen LogP contribution is -2.37. The van der Waals surface area contributed by atoms with Crippen LogP contribution in [0.1, 0.15) is 5.69 Å². The summed E-state index contributed by atoms with van der Waals surface area (Å²) in [5.41, 5.74) is 1.00. The third-order valence-electron chi connectivity index (χ3n) is 2.07. The van der Waals surface area contributed by atoms with Crippen LogP contribution in [0.3, 0.4) is 0 Å². The normalized spacial score (nSPS) is 11.9. The number of imidazole rings is 1. The predicted octanol–water partition coefficient (Wildman–Crippen LogP) is 1.92. The first-order valence-corrected chi connectivity index (χ1v) is 8.78. The highest BCUT2D eigenvalue weighted by molar-refractivity contribution is 7.30. The van der Waals surface area contributed by atoms with Crippen LogP contribution in [-0.2, 0) is 0 Å². The summed E-state index contributed by atoms with van der Waals surface area (Å²) in [6.45, 7) is 6.91. The van der Waals surface area contributed by atoms with Gasteiger partial charge in [0.25, 0.3) is 0 Å². The van der Waals surface area contributed by atoms with Gasteiger partial charge in [-0.15, -0.1) is 17.8 Å². The Labute approximate surface area is 88.6 Å². The van der Waals surface area contributed by atoms with Gasteiger partial charge in [-0.25, -0.2) is 4.98 Å². The van der Waals surface area contributed by atoms with E-state index in [0.717, 1.165) is 10.7 Å². The van der Waals surface area contributed by atoms with Gasteiger partial charge in [0.1, 0.15) is 5.69 Å². The van der Waals surface area contributed by atoms with E-state index in [1.54, 1.807) is 17.5 Å². The third-order valence-corrected chi connectivity index (χ3v) is 6.70. The molecule has 2 nitrogen and oxygen atoms in total. The molecule has 0 saturated heterocycles. The molecule has 2 aromatic rings. The Bertz CT molecular complexity index is 510. The molecule has 0 unspecified atom stereocenters. The molecule has 72 valence electrons. The van der Waals surface area contributed by atoms with E-state index < -0.39 is 8.07 Å². The minimum absolute atomic E-state index is 1.00. The van der Waals surface area contributed by atoms with Gasteiger partial charge in [0.2, 0.25) is 0 Å². The molecule has 0 atom stereocenters. The second kappa shape index (κ2) is 2.97. The summed E-state index contributed by atoms with van der Waals surface area (Å²) in [5.74, 6) is 2.78. The lowest BCUT2D eigenvalue weighted by atomic mass is 10.5. The van der Waals surface area contributed by atoms with Gasteiger partial charge in [-0.2, -0.15) is 0 Å². The third kappa shape index (κ3) is 1.29. The number of thiazole rings is 1. The first kappa shape index (κ1) is 9.50. The van der Waals surface area contributed by atoms with Gasteiger partial charge in [0, 0.05) is 16.9 Å². The standard InChI is InChI=1S/C10H12N2SSi/c1-5-8-9(14(2,3)4)13-10-11-6-7-12(8)10/h1,6-7H,2-4H3. The average molecular weight is 220 g/mol. The van der Waals surface area contributed by atoms with E-state index in [4.69, 9.17) is 6.42 Å². The van der Waals surface area contributed by atoms with Crippen molar-refractivity contribution in [3.05, 3.63) is 18.1 Å². The summed E-state index contributed by atoms with van der Waals surface area (Å²) in [4.78, 5) is 5.28. The first-order valence-electron chi connectivity index (χ1n) is 4.47. The molecule has 0 aliphatic carbocycles. The fourth-order valence-corrected chi connectivity index (χ4v) is 4.63. The largest absolute Gasteiger partial charge is 0.283 e. The van der Waals surface area contributed by atoms with Crippen LogP contribution >= 0.6 is 11.3 Å². The van der Waals surface area contributed by atoms with Gasteiger partial charge in [0.05, 0.1) is 8.07 Å². The van der Waals surface area contributed by atoms with Crippen molar-refractivity contribution in [3.63, 3.8) is 0 Å². The maximum absolute atomic E-state index is 5.55. The predicted molar refractivity (Wildman–Crippen MR) is 64.0 cm³/mol. The molecule has 0 saturated carbocycles. The van der Waals surface area contributed by atoms with E-state index >= 15 is 0 Å². The monoisotopic (exact) mass is 220 g/mol. The smallest absolute Gasteiger partial charge is 0.194 e. The molecule has 0 spiro atoms. The van der Waals surface area contributed by atoms with Crippen LogP contribution in [0.25, 0.3) is 4.96 Å². The van der Waals surface area contributed by atoms with E-state index in [2.05, 4.69) is 30.5 Å². The van der Waals surface area contributed by atoms with Crippen LogP contribution in [0.2, 0.25) is 19.6 Å². The van der Waals surface area contributed by atoms with Crippen LogP contribution in [-0.4, -0.2) is 17.5 Å². The minimum Gasteiger partial charge on any atom is -0.283 e. The van der Waals surface area contributed by atoms with Gasteiger partial charge in [-0.1, -0.05) is 25.6 Å². The van der Waals surface area contributed by atoms with Crippen molar-refractivity contribution < 1.29 is 0 Å². The Kier molecular flexibility index (Phi) is 2.02. The molecule has 0 aromatic carbocycles. The summed E-state index contributed by atoms with van der Waals surface area (Å²) in [6.07, 6.45) is 9.27. The number of nitrogens with zero attached hydrogens (tertiary/aromatic N) is 2. The summed E-state index contributed by atoms with van der Waals surface area (Å²) in [7, 11) is -1.33. The maximum Gasteiger partial charge on any atom is 0.194 e. The summed E-state index contributed by atoms with van der Waals surface area (Å²) in [6, 6.07) is 0. The van der Waals surface area contributed by atoms with Crippen molar-refractivity contribution in [2.75, 3.05) is 0 Å². The first-order chi connectivity index (χ1) is 6.54. The van der Waals surface area contributed by atoms with Gasteiger partial charge >= 0.3 is 0 Å². The van der Waals surface area contributed by atoms with Gasteiger partial charge in [0.15, 0.2) is 4.96 Å². The van der Waals surface area contributed by atoms with Crippen molar-refractivity contribution >= 4 is 28.9 Å². The molecule has 4 heteroatoms. The number of rotatable bonds is 1. The van der Waals surface area contributed by atoms with Crippen molar-refractivity contribution in [1.82, 2.24) is 9.38 Å². The van der Waals surface area contributed by atoms with E-state index in [1.165, 1.54) is 4.50 Å². The highest BCUT2D eigenvalue weighted by atomic mass is 32.1. The molecule has 2 rings (SSSR count). The molecule has 0 aliphatic heterocycles. The number of fused-ring (bicyclic) bond motifs is 1. The van der Waals surface area contributed by atoms with Crippen molar-refractivity contribution in [2.45, 2.75) is 19.6 Å². The number of aromatic nitrogens is 2. The second-order valence-corrected chi connectivity index (χ2v) is 10.6. The summed E-state index contributed by atoms with van der Waals surface area (Å²) >= 11 is 1.73.